The number of alkyl halides is 3. The summed E-state index contributed by atoms with van der Waals surface area (Å²) in [6.45, 7) is 0. The Labute approximate surface area is 100 Å². The summed E-state index contributed by atoms with van der Waals surface area (Å²) in [5, 5.41) is 0. The maximum atomic E-state index is 12.8. The average molecular weight is 254 g/mol. The molecule has 0 radical (unpaired) electrons. The number of para-hydroxylation sites is 1. The zero-order valence-electron chi connectivity index (χ0n) is 9.11. The molecule has 2 rings (SSSR count). The monoisotopic (exact) mass is 254 g/mol. The van der Waals surface area contributed by atoms with E-state index in [-0.39, 0.29) is 11.4 Å². The molecule has 0 amide bonds. The number of pyridine rings is 1. The summed E-state index contributed by atoms with van der Waals surface area (Å²) in [7, 11) is 0. The molecule has 0 saturated heterocycles. The van der Waals surface area contributed by atoms with E-state index >= 15 is 0 Å². The minimum atomic E-state index is -4.62. The highest BCUT2D eigenvalue weighted by Crippen LogP contribution is 2.30. The molecule has 1 aromatic carbocycles. The fraction of sp³-hybridized carbons (Fsp3) is 0.0833. The Bertz CT molecular complexity index is 617. The maximum absolute atomic E-state index is 12.8. The van der Waals surface area contributed by atoms with Crippen LogP contribution in [-0.4, -0.2) is 4.57 Å². The minimum absolute atomic E-state index is 0.127. The first kappa shape index (κ1) is 12.2. The highest BCUT2D eigenvalue weighted by molar-refractivity contribution is 5.43. The summed E-state index contributed by atoms with van der Waals surface area (Å²) in [4.78, 5) is 11.8. The van der Waals surface area contributed by atoms with Crippen LogP contribution in [0.3, 0.4) is 0 Å². The van der Waals surface area contributed by atoms with Gasteiger partial charge in [-0.25, -0.2) is 0 Å². The molecule has 3 nitrogen and oxygen atoms in total. The Balaban J connectivity index is 2.80. The fourth-order valence-corrected chi connectivity index (χ4v) is 1.61. The van der Waals surface area contributed by atoms with E-state index in [0.29, 0.717) is 4.57 Å². The summed E-state index contributed by atoms with van der Waals surface area (Å²) in [6, 6.07) is 9.32. The molecule has 0 bridgehead atoms. The van der Waals surface area contributed by atoms with Crippen LogP contribution in [0, 0.1) is 0 Å². The second-order valence-electron chi connectivity index (χ2n) is 3.65. The largest absolute Gasteiger partial charge is 0.431 e. The van der Waals surface area contributed by atoms with Crippen molar-refractivity contribution in [3.63, 3.8) is 0 Å². The SMILES string of the molecule is Nc1ccc(C(F)(F)F)n(-c2ccccc2)c1=O. The van der Waals surface area contributed by atoms with Gasteiger partial charge < -0.3 is 5.73 Å². The van der Waals surface area contributed by atoms with Gasteiger partial charge in [-0.3, -0.25) is 9.36 Å². The van der Waals surface area contributed by atoms with E-state index in [9.17, 15) is 18.0 Å². The van der Waals surface area contributed by atoms with E-state index in [1.165, 1.54) is 12.1 Å². The van der Waals surface area contributed by atoms with Gasteiger partial charge in [0.2, 0.25) is 0 Å². The molecule has 0 fully saturated rings. The number of hydrogen-bond acceptors (Lipinski definition) is 2. The number of rotatable bonds is 1. The molecule has 0 aliphatic heterocycles. The van der Waals surface area contributed by atoms with E-state index < -0.39 is 17.4 Å². The quantitative estimate of drug-likeness (QED) is 0.849. The van der Waals surface area contributed by atoms with Crippen LogP contribution in [0.25, 0.3) is 5.69 Å². The van der Waals surface area contributed by atoms with Crippen LogP contribution in [0.2, 0.25) is 0 Å². The third kappa shape index (κ3) is 2.09. The highest BCUT2D eigenvalue weighted by Gasteiger charge is 2.35. The second-order valence-corrected chi connectivity index (χ2v) is 3.65. The van der Waals surface area contributed by atoms with Gasteiger partial charge in [-0.05, 0) is 24.3 Å². The number of halogens is 3. The minimum Gasteiger partial charge on any atom is -0.394 e. The van der Waals surface area contributed by atoms with Crippen molar-refractivity contribution in [3.8, 4) is 5.69 Å². The van der Waals surface area contributed by atoms with Crippen molar-refractivity contribution in [2.24, 2.45) is 0 Å². The average Bonchev–Trinajstić information content (AvgIpc) is 2.32. The Morgan fingerprint density at radius 1 is 1.00 bits per heavy atom. The van der Waals surface area contributed by atoms with Crippen LogP contribution in [0.1, 0.15) is 5.69 Å². The van der Waals surface area contributed by atoms with Crippen molar-refractivity contribution in [1.82, 2.24) is 4.57 Å². The molecule has 0 aliphatic carbocycles. The van der Waals surface area contributed by atoms with Crippen molar-refractivity contribution in [2.75, 3.05) is 5.73 Å². The van der Waals surface area contributed by atoms with Crippen LogP contribution in [0.5, 0.6) is 0 Å². The Morgan fingerprint density at radius 3 is 2.17 bits per heavy atom. The van der Waals surface area contributed by atoms with Gasteiger partial charge in [-0.1, -0.05) is 18.2 Å². The normalized spacial score (nSPS) is 11.5. The van der Waals surface area contributed by atoms with Crippen molar-refractivity contribution >= 4 is 5.69 Å². The maximum Gasteiger partial charge on any atom is 0.431 e. The van der Waals surface area contributed by atoms with Gasteiger partial charge in [0.15, 0.2) is 0 Å². The first-order valence-corrected chi connectivity index (χ1v) is 5.05. The Hall–Kier alpha value is -2.24. The van der Waals surface area contributed by atoms with Gasteiger partial charge in [0, 0.05) is 5.69 Å². The molecule has 0 atom stereocenters. The van der Waals surface area contributed by atoms with Crippen LogP contribution >= 0.6 is 0 Å². The molecule has 0 spiro atoms. The zero-order chi connectivity index (χ0) is 13.3. The third-order valence-corrected chi connectivity index (χ3v) is 2.42. The van der Waals surface area contributed by atoms with Crippen LogP contribution in [0.4, 0.5) is 18.9 Å². The van der Waals surface area contributed by atoms with Gasteiger partial charge in [0.25, 0.3) is 5.56 Å². The van der Waals surface area contributed by atoms with Gasteiger partial charge >= 0.3 is 6.18 Å². The topological polar surface area (TPSA) is 48.0 Å². The predicted molar refractivity (Wildman–Crippen MR) is 61.5 cm³/mol. The van der Waals surface area contributed by atoms with Gasteiger partial charge in [-0.2, -0.15) is 13.2 Å². The number of nitrogens with two attached hydrogens (primary N) is 1. The molecule has 1 aromatic heterocycles. The smallest absolute Gasteiger partial charge is 0.394 e. The molecule has 6 heteroatoms. The lowest BCUT2D eigenvalue weighted by Gasteiger charge is -2.15. The summed E-state index contributed by atoms with van der Waals surface area (Å²) in [5.74, 6) is 0. The second kappa shape index (κ2) is 4.21. The summed E-state index contributed by atoms with van der Waals surface area (Å²) >= 11 is 0. The van der Waals surface area contributed by atoms with Crippen LogP contribution in [-0.2, 0) is 6.18 Å². The fourth-order valence-electron chi connectivity index (χ4n) is 1.61. The van der Waals surface area contributed by atoms with Gasteiger partial charge in [0.05, 0.1) is 5.69 Å². The number of hydrogen-bond donors (Lipinski definition) is 1. The van der Waals surface area contributed by atoms with Crippen LogP contribution < -0.4 is 11.3 Å². The molecule has 2 N–H and O–H groups in total. The number of anilines is 1. The van der Waals surface area contributed by atoms with Crippen molar-refractivity contribution in [3.05, 3.63) is 58.5 Å². The number of nitrogen functional groups attached to an aromatic ring is 1. The molecule has 18 heavy (non-hydrogen) atoms. The molecule has 0 saturated carbocycles. The zero-order valence-corrected chi connectivity index (χ0v) is 9.11. The Morgan fingerprint density at radius 2 is 1.61 bits per heavy atom. The molecule has 2 aromatic rings. The molecular weight excluding hydrogens is 245 g/mol. The van der Waals surface area contributed by atoms with Crippen molar-refractivity contribution in [2.45, 2.75) is 6.18 Å². The van der Waals surface area contributed by atoms with E-state index in [0.717, 1.165) is 12.1 Å². The van der Waals surface area contributed by atoms with Gasteiger partial charge in [-0.15, -0.1) is 0 Å². The third-order valence-electron chi connectivity index (χ3n) is 2.42. The lowest BCUT2D eigenvalue weighted by molar-refractivity contribution is -0.142. The highest BCUT2D eigenvalue weighted by atomic mass is 19.4. The molecular formula is C12H9F3N2O. The van der Waals surface area contributed by atoms with Crippen molar-refractivity contribution < 1.29 is 13.2 Å². The Kier molecular flexibility index (Phi) is 2.86. The number of benzene rings is 1. The predicted octanol–water partition coefficient (Wildman–Crippen LogP) is 2.44. The van der Waals surface area contributed by atoms with Crippen molar-refractivity contribution in [1.29, 1.82) is 0 Å². The van der Waals surface area contributed by atoms with Gasteiger partial charge in [0.1, 0.15) is 5.69 Å². The lowest BCUT2D eigenvalue weighted by atomic mass is 10.2. The number of nitrogens with zero attached hydrogens (tertiary/aromatic N) is 1. The van der Waals surface area contributed by atoms with Crippen LogP contribution in [0.15, 0.2) is 47.3 Å². The molecule has 94 valence electrons. The first-order valence-electron chi connectivity index (χ1n) is 5.05. The number of aromatic nitrogens is 1. The summed E-state index contributed by atoms with van der Waals surface area (Å²) in [6.07, 6.45) is -4.62. The van der Waals surface area contributed by atoms with E-state index in [4.69, 9.17) is 5.73 Å². The standard InChI is InChI=1S/C12H9F3N2O/c13-12(14,15)10-7-6-9(16)11(18)17(10)8-4-2-1-3-5-8/h1-7H,16H2. The van der Waals surface area contributed by atoms with E-state index in [1.807, 2.05) is 0 Å². The van der Waals surface area contributed by atoms with E-state index in [1.54, 1.807) is 18.2 Å². The molecule has 1 heterocycles. The molecule has 0 unspecified atom stereocenters. The lowest BCUT2D eigenvalue weighted by Crippen LogP contribution is -2.28. The summed E-state index contributed by atoms with van der Waals surface area (Å²) < 4.78 is 39.1. The first-order chi connectivity index (χ1) is 8.41. The van der Waals surface area contributed by atoms with E-state index in [2.05, 4.69) is 0 Å². The molecule has 0 aliphatic rings. The summed E-state index contributed by atoms with van der Waals surface area (Å²) in [5.41, 5.74) is 3.34.